The fraction of sp³-hybridized carbons (Fsp3) is 0.185. The van der Waals surface area contributed by atoms with Gasteiger partial charge in [-0.25, -0.2) is 4.57 Å². The molecule has 1 unspecified atom stereocenters. The molecule has 0 aliphatic heterocycles. The van der Waals surface area contributed by atoms with E-state index in [0.717, 1.165) is 17.0 Å². The zero-order valence-corrected chi connectivity index (χ0v) is 20.5. The van der Waals surface area contributed by atoms with Crippen molar-refractivity contribution < 1.29 is 9.53 Å². The second-order valence-electron chi connectivity index (χ2n) is 8.14. The number of carbonyl (C=O) groups excluding carboxylic acids is 1. The summed E-state index contributed by atoms with van der Waals surface area (Å²) in [5, 5.41) is 9.47. The predicted molar refractivity (Wildman–Crippen MR) is 138 cm³/mol. The summed E-state index contributed by atoms with van der Waals surface area (Å²) >= 11 is 1.32. The topological polar surface area (TPSA) is 78.5 Å². The first-order valence-electron chi connectivity index (χ1n) is 11.4. The second kappa shape index (κ2) is 9.38. The van der Waals surface area contributed by atoms with E-state index >= 15 is 0 Å². The van der Waals surface area contributed by atoms with Gasteiger partial charge in [-0.15, -0.1) is 10.2 Å². The summed E-state index contributed by atoms with van der Waals surface area (Å²) in [4.78, 5) is 26.7. The van der Waals surface area contributed by atoms with Crippen LogP contribution in [0.25, 0.3) is 22.4 Å². The summed E-state index contributed by atoms with van der Waals surface area (Å²) in [5.74, 6) is 1.12. The van der Waals surface area contributed by atoms with Crippen LogP contribution in [0.4, 0.5) is 0 Å². The van der Waals surface area contributed by atoms with Crippen molar-refractivity contribution in [1.82, 2.24) is 19.2 Å². The number of hydrogen-bond donors (Lipinski definition) is 0. The van der Waals surface area contributed by atoms with E-state index in [0.29, 0.717) is 34.0 Å². The molecule has 0 fully saturated rings. The van der Waals surface area contributed by atoms with Crippen LogP contribution in [-0.2, 0) is 0 Å². The molecule has 35 heavy (non-hydrogen) atoms. The summed E-state index contributed by atoms with van der Waals surface area (Å²) in [7, 11) is 0. The highest BCUT2D eigenvalue weighted by molar-refractivity contribution is 8.00. The maximum absolute atomic E-state index is 13.5. The lowest BCUT2D eigenvalue weighted by Crippen LogP contribution is -2.22. The number of para-hydroxylation sites is 2. The minimum Gasteiger partial charge on any atom is -0.494 e. The van der Waals surface area contributed by atoms with E-state index in [9.17, 15) is 9.59 Å². The first-order chi connectivity index (χ1) is 17.0. The van der Waals surface area contributed by atoms with E-state index < -0.39 is 5.25 Å². The Morgan fingerprint density at radius 3 is 2.46 bits per heavy atom. The molecule has 0 spiro atoms. The number of aromatic nitrogens is 4. The minimum atomic E-state index is -0.419. The van der Waals surface area contributed by atoms with Gasteiger partial charge in [0.25, 0.3) is 5.56 Å². The summed E-state index contributed by atoms with van der Waals surface area (Å²) in [6, 6.07) is 22.2. The van der Waals surface area contributed by atoms with Gasteiger partial charge in [-0.3, -0.25) is 14.0 Å². The molecule has 5 aromatic rings. The summed E-state index contributed by atoms with van der Waals surface area (Å²) in [5.41, 5.74) is 2.83. The largest absolute Gasteiger partial charge is 0.494 e. The van der Waals surface area contributed by atoms with Crippen LogP contribution in [0, 0.1) is 6.92 Å². The van der Waals surface area contributed by atoms with Crippen LogP contribution >= 0.6 is 11.8 Å². The quantitative estimate of drug-likeness (QED) is 0.236. The molecule has 8 heteroatoms. The van der Waals surface area contributed by atoms with Gasteiger partial charge in [-0.2, -0.15) is 0 Å². The van der Waals surface area contributed by atoms with Gasteiger partial charge in [0, 0.05) is 5.56 Å². The molecule has 7 nitrogen and oxygen atoms in total. The summed E-state index contributed by atoms with van der Waals surface area (Å²) in [6.07, 6.45) is 0. The van der Waals surface area contributed by atoms with E-state index in [2.05, 4.69) is 10.2 Å². The molecule has 0 bridgehead atoms. The Labute approximate surface area is 206 Å². The third-order valence-electron chi connectivity index (χ3n) is 5.85. The highest BCUT2D eigenvalue weighted by atomic mass is 32.2. The SMILES string of the molecule is CCOc1ccc(C(=O)C(C)Sc2nnc3n(-c4ccccc4C)c(=O)c4ccccc4n23)cc1. The Morgan fingerprint density at radius 2 is 1.71 bits per heavy atom. The smallest absolute Gasteiger partial charge is 0.267 e. The lowest BCUT2D eigenvalue weighted by Gasteiger charge is -2.14. The second-order valence-corrected chi connectivity index (χ2v) is 9.45. The highest BCUT2D eigenvalue weighted by Crippen LogP contribution is 2.28. The lowest BCUT2D eigenvalue weighted by molar-refractivity contribution is 0.0994. The van der Waals surface area contributed by atoms with Gasteiger partial charge in [-0.1, -0.05) is 42.1 Å². The third-order valence-corrected chi connectivity index (χ3v) is 6.90. The molecule has 0 saturated heterocycles. The zero-order chi connectivity index (χ0) is 24.5. The van der Waals surface area contributed by atoms with Crippen LogP contribution in [0.3, 0.4) is 0 Å². The number of nitrogens with zero attached hydrogens (tertiary/aromatic N) is 4. The fourth-order valence-electron chi connectivity index (χ4n) is 4.11. The number of hydrogen-bond acceptors (Lipinski definition) is 6. The zero-order valence-electron chi connectivity index (χ0n) is 19.6. The molecule has 5 rings (SSSR count). The molecule has 176 valence electrons. The van der Waals surface area contributed by atoms with E-state index in [1.165, 1.54) is 11.8 Å². The molecule has 0 aliphatic carbocycles. The lowest BCUT2D eigenvalue weighted by atomic mass is 10.1. The number of ketones is 1. The van der Waals surface area contributed by atoms with Crippen molar-refractivity contribution in [2.45, 2.75) is 31.2 Å². The molecule has 2 heterocycles. The van der Waals surface area contributed by atoms with E-state index in [1.807, 2.05) is 67.6 Å². The van der Waals surface area contributed by atoms with E-state index in [1.54, 1.807) is 34.9 Å². The number of rotatable bonds is 7. The molecule has 0 aliphatic rings. The standard InChI is InChI=1S/C27H24N4O3S/c1-4-34-20-15-13-19(14-16-20)24(32)18(3)35-27-29-28-26-30(22-11-7-5-9-17(22)2)25(33)21-10-6-8-12-23(21)31(26)27/h5-16,18H,4H2,1-3H3. The van der Waals surface area contributed by atoms with Gasteiger partial charge in [-0.05, 0) is 68.8 Å². The monoisotopic (exact) mass is 484 g/mol. The van der Waals surface area contributed by atoms with Gasteiger partial charge in [0.05, 0.1) is 28.4 Å². The number of Topliss-reactive ketones (excluding diaryl/α,β-unsaturated/α-hetero) is 1. The van der Waals surface area contributed by atoms with Gasteiger partial charge >= 0.3 is 0 Å². The number of fused-ring (bicyclic) bond motifs is 3. The Balaban J connectivity index is 1.60. The van der Waals surface area contributed by atoms with Crippen LogP contribution in [-0.4, -0.2) is 36.8 Å². The molecular weight excluding hydrogens is 460 g/mol. The van der Waals surface area contributed by atoms with E-state index in [-0.39, 0.29) is 11.3 Å². The van der Waals surface area contributed by atoms with Gasteiger partial charge in [0.1, 0.15) is 5.75 Å². The first kappa shape index (κ1) is 22.9. The Hall–Kier alpha value is -3.91. The highest BCUT2D eigenvalue weighted by Gasteiger charge is 2.23. The number of ether oxygens (including phenoxy) is 1. The normalized spacial score (nSPS) is 12.2. The molecule has 3 aromatic carbocycles. The average molecular weight is 485 g/mol. The number of aryl methyl sites for hydroxylation is 1. The Bertz CT molecular complexity index is 1610. The number of thioether (sulfide) groups is 1. The van der Waals surface area contributed by atoms with Crippen molar-refractivity contribution in [2.24, 2.45) is 0 Å². The summed E-state index contributed by atoms with van der Waals surface area (Å²) in [6.45, 7) is 6.30. The molecule has 1 atom stereocenters. The molecular formula is C27H24N4O3S. The number of benzene rings is 3. The van der Waals surface area contributed by atoms with Crippen LogP contribution in [0.15, 0.2) is 82.7 Å². The molecule has 0 amide bonds. The van der Waals surface area contributed by atoms with Crippen LogP contribution < -0.4 is 10.3 Å². The Morgan fingerprint density at radius 1 is 1.00 bits per heavy atom. The maximum Gasteiger partial charge on any atom is 0.267 e. The van der Waals surface area contributed by atoms with Crippen molar-refractivity contribution in [3.63, 3.8) is 0 Å². The predicted octanol–water partition coefficient (Wildman–Crippen LogP) is 5.10. The minimum absolute atomic E-state index is 0.0219. The van der Waals surface area contributed by atoms with Crippen molar-refractivity contribution in [3.05, 3.63) is 94.3 Å². The van der Waals surface area contributed by atoms with E-state index in [4.69, 9.17) is 4.74 Å². The first-order valence-corrected chi connectivity index (χ1v) is 12.3. The number of carbonyl (C=O) groups is 1. The average Bonchev–Trinajstić information content (AvgIpc) is 3.28. The van der Waals surface area contributed by atoms with Crippen molar-refractivity contribution in [3.8, 4) is 11.4 Å². The fourth-order valence-corrected chi connectivity index (χ4v) is 5.05. The van der Waals surface area contributed by atoms with Gasteiger partial charge in [0.15, 0.2) is 10.9 Å². The van der Waals surface area contributed by atoms with Crippen molar-refractivity contribution in [1.29, 1.82) is 0 Å². The summed E-state index contributed by atoms with van der Waals surface area (Å²) < 4.78 is 8.92. The van der Waals surface area contributed by atoms with Crippen LogP contribution in [0.5, 0.6) is 5.75 Å². The maximum atomic E-state index is 13.5. The van der Waals surface area contributed by atoms with Gasteiger partial charge < -0.3 is 4.74 Å². The van der Waals surface area contributed by atoms with Crippen molar-refractivity contribution >= 4 is 34.2 Å². The third kappa shape index (κ3) is 4.10. The molecule has 0 saturated carbocycles. The molecule has 2 aromatic heterocycles. The van der Waals surface area contributed by atoms with Crippen molar-refractivity contribution in [2.75, 3.05) is 6.61 Å². The van der Waals surface area contributed by atoms with Crippen LogP contribution in [0.2, 0.25) is 0 Å². The Kier molecular flexibility index (Phi) is 6.13. The van der Waals surface area contributed by atoms with Gasteiger partial charge in [0.2, 0.25) is 5.78 Å². The molecule has 0 N–H and O–H groups in total. The molecule has 0 radical (unpaired) electrons. The van der Waals surface area contributed by atoms with Crippen LogP contribution in [0.1, 0.15) is 29.8 Å².